The lowest BCUT2D eigenvalue weighted by molar-refractivity contribution is 0.0934. The number of nitrogens with one attached hydrogen (secondary N) is 1. The van der Waals surface area contributed by atoms with Gasteiger partial charge in [0.05, 0.1) is 20.3 Å². The number of hydrogen-bond acceptors (Lipinski definition) is 4. The zero-order valence-corrected chi connectivity index (χ0v) is 14.5. The molecule has 5 nitrogen and oxygen atoms in total. The van der Waals surface area contributed by atoms with Crippen molar-refractivity contribution < 1.29 is 18.7 Å². The van der Waals surface area contributed by atoms with Gasteiger partial charge in [0, 0.05) is 5.56 Å². The Kier molecular flexibility index (Phi) is 5.13. The Hall–Kier alpha value is -1.95. The van der Waals surface area contributed by atoms with Crippen molar-refractivity contribution in [3.05, 3.63) is 45.8 Å². The van der Waals surface area contributed by atoms with Crippen LogP contribution in [0.2, 0.25) is 0 Å². The van der Waals surface area contributed by atoms with Crippen molar-refractivity contribution in [3.63, 3.8) is 0 Å². The molecular weight excluding hydrogens is 350 g/mol. The highest BCUT2D eigenvalue weighted by Gasteiger charge is 2.18. The van der Waals surface area contributed by atoms with Crippen LogP contribution in [-0.2, 0) is 0 Å². The van der Waals surface area contributed by atoms with Crippen LogP contribution in [0.5, 0.6) is 11.5 Å². The van der Waals surface area contributed by atoms with Gasteiger partial charge in [-0.2, -0.15) is 0 Å². The van der Waals surface area contributed by atoms with Crippen LogP contribution in [0.3, 0.4) is 0 Å². The van der Waals surface area contributed by atoms with Gasteiger partial charge in [0.1, 0.15) is 27.5 Å². The monoisotopic (exact) mass is 367 g/mol. The fourth-order valence-electron chi connectivity index (χ4n) is 2.04. The molecular formula is C16H18BrNO4. The van der Waals surface area contributed by atoms with Crippen LogP contribution >= 0.6 is 15.9 Å². The fraction of sp³-hybridized carbons (Fsp3) is 0.312. The van der Waals surface area contributed by atoms with Gasteiger partial charge in [-0.25, -0.2) is 0 Å². The summed E-state index contributed by atoms with van der Waals surface area (Å²) in [6.07, 6.45) is 0. The van der Waals surface area contributed by atoms with Crippen molar-refractivity contribution in [3.8, 4) is 11.5 Å². The molecule has 1 amide bonds. The van der Waals surface area contributed by atoms with E-state index < -0.39 is 0 Å². The van der Waals surface area contributed by atoms with Crippen molar-refractivity contribution in [1.29, 1.82) is 0 Å². The van der Waals surface area contributed by atoms with Crippen molar-refractivity contribution >= 4 is 21.8 Å². The summed E-state index contributed by atoms with van der Waals surface area (Å²) in [5, 5.41) is 2.89. The second-order valence-corrected chi connectivity index (χ2v) is 5.63. The second-order valence-electron chi connectivity index (χ2n) is 4.84. The zero-order valence-electron chi connectivity index (χ0n) is 12.9. The molecule has 1 aromatic heterocycles. The maximum absolute atomic E-state index is 12.4. The van der Waals surface area contributed by atoms with Gasteiger partial charge in [0.15, 0.2) is 0 Å². The van der Waals surface area contributed by atoms with Crippen LogP contribution in [0.15, 0.2) is 33.2 Å². The predicted octanol–water partition coefficient (Wildman–Crippen LogP) is 3.86. The number of carbonyl (C=O) groups is 1. The topological polar surface area (TPSA) is 60.7 Å². The van der Waals surface area contributed by atoms with E-state index in [9.17, 15) is 4.79 Å². The molecule has 1 aromatic carbocycles. The normalized spacial score (nSPS) is 11.9. The number of aryl methyl sites for hydroxylation is 1. The predicted molar refractivity (Wildman–Crippen MR) is 86.6 cm³/mol. The van der Waals surface area contributed by atoms with Crippen LogP contribution in [0, 0.1) is 6.92 Å². The van der Waals surface area contributed by atoms with E-state index in [4.69, 9.17) is 13.9 Å². The fourth-order valence-corrected chi connectivity index (χ4v) is 2.59. The quantitative estimate of drug-likeness (QED) is 0.871. The van der Waals surface area contributed by atoms with Crippen LogP contribution in [0.4, 0.5) is 0 Å². The zero-order chi connectivity index (χ0) is 16.3. The molecule has 1 unspecified atom stereocenters. The van der Waals surface area contributed by atoms with E-state index in [0.29, 0.717) is 27.3 Å². The summed E-state index contributed by atoms with van der Waals surface area (Å²) in [6.45, 7) is 3.73. The summed E-state index contributed by atoms with van der Waals surface area (Å²) >= 11 is 3.38. The number of carbonyl (C=O) groups excluding carboxylic acids is 1. The first-order chi connectivity index (χ1) is 10.5. The molecule has 0 spiro atoms. The molecule has 1 atom stereocenters. The number of rotatable bonds is 5. The van der Waals surface area contributed by atoms with Crippen LogP contribution < -0.4 is 14.8 Å². The first-order valence-corrected chi connectivity index (χ1v) is 7.54. The van der Waals surface area contributed by atoms with Gasteiger partial charge < -0.3 is 19.2 Å². The molecule has 118 valence electrons. The third-order valence-electron chi connectivity index (χ3n) is 3.24. The number of amides is 1. The second kappa shape index (κ2) is 6.87. The first kappa shape index (κ1) is 16.4. The highest BCUT2D eigenvalue weighted by atomic mass is 79.9. The lowest BCUT2D eigenvalue weighted by Gasteiger charge is -2.14. The van der Waals surface area contributed by atoms with Crippen molar-refractivity contribution in [2.45, 2.75) is 19.9 Å². The van der Waals surface area contributed by atoms with Crippen molar-refractivity contribution in [2.75, 3.05) is 14.2 Å². The Morgan fingerprint density at radius 1 is 1.23 bits per heavy atom. The SMILES string of the molecule is COc1cc(C(=O)NC(C)c2ccc(C)o2)cc(OC)c1Br. The van der Waals surface area contributed by atoms with E-state index in [2.05, 4.69) is 21.2 Å². The largest absolute Gasteiger partial charge is 0.495 e. The van der Waals surface area contributed by atoms with Gasteiger partial charge in [-0.3, -0.25) is 4.79 Å². The van der Waals surface area contributed by atoms with Crippen molar-refractivity contribution in [1.82, 2.24) is 5.32 Å². The Morgan fingerprint density at radius 2 is 1.82 bits per heavy atom. The highest BCUT2D eigenvalue weighted by Crippen LogP contribution is 2.35. The van der Waals surface area contributed by atoms with Crippen LogP contribution in [0.25, 0.3) is 0 Å². The minimum atomic E-state index is -0.234. The number of methoxy groups -OCH3 is 2. The summed E-state index contributed by atoms with van der Waals surface area (Å²) in [6, 6.07) is 6.79. The number of benzene rings is 1. The van der Waals surface area contributed by atoms with E-state index in [0.717, 1.165) is 5.76 Å². The van der Waals surface area contributed by atoms with Gasteiger partial charge in [0.25, 0.3) is 5.91 Å². The van der Waals surface area contributed by atoms with Gasteiger partial charge in [-0.05, 0) is 54.0 Å². The summed E-state index contributed by atoms with van der Waals surface area (Å²) in [5.41, 5.74) is 0.451. The summed E-state index contributed by atoms with van der Waals surface area (Å²) < 4.78 is 16.7. The van der Waals surface area contributed by atoms with Gasteiger partial charge >= 0.3 is 0 Å². The average molecular weight is 368 g/mol. The molecule has 0 saturated heterocycles. The molecule has 1 heterocycles. The van der Waals surface area contributed by atoms with E-state index in [1.54, 1.807) is 12.1 Å². The summed E-state index contributed by atoms with van der Waals surface area (Å²) in [4.78, 5) is 12.4. The van der Waals surface area contributed by atoms with E-state index in [-0.39, 0.29) is 11.9 Å². The number of hydrogen-bond donors (Lipinski definition) is 1. The molecule has 2 aromatic rings. The van der Waals surface area contributed by atoms with Gasteiger partial charge in [-0.15, -0.1) is 0 Å². The van der Waals surface area contributed by atoms with Crippen LogP contribution in [0.1, 0.15) is 34.8 Å². The molecule has 0 fully saturated rings. The third kappa shape index (κ3) is 3.44. The smallest absolute Gasteiger partial charge is 0.252 e. The van der Waals surface area contributed by atoms with Crippen molar-refractivity contribution in [2.24, 2.45) is 0 Å². The highest BCUT2D eigenvalue weighted by molar-refractivity contribution is 9.10. The molecule has 0 saturated carbocycles. The minimum absolute atomic E-state index is 0.231. The number of ether oxygens (including phenoxy) is 2. The Labute approximate surface area is 137 Å². The maximum atomic E-state index is 12.4. The first-order valence-electron chi connectivity index (χ1n) is 6.75. The Bertz CT molecular complexity index is 656. The van der Waals surface area contributed by atoms with E-state index >= 15 is 0 Å². The molecule has 0 aliphatic carbocycles. The minimum Gasteiger partial charge on any atom is -0.495 e. The Morgan fingerprint density at radius 3 is 2.27 bits per heavy atom. The third-order valence-corrected chi connectivity index (χ3v) is 4.02. The molecule has 22 heavy (non-hydrogen) atoms. The van der Waals surface area contributed by atoms with E-state index in [1.165, 1.54) is 14.2 Å². The standard InChI is InChI=1S/C16H18BrNO4/c1-9-5-6-12(22-9)10(2)18-16(19)11-7-13(20-3)15(17)14(8-11)21-4/h5-8,10H,1-4H3,(H,18,19). The molecule has 0 bridgehead atoms. The molecule has 2 rings (SSSR count). The summed E-state index contributed by atoms with van der Waals surface area (Å²) in [5.74, 6) is 2.35. The lowest BCUT2D eigenvalue weighted by Crippen LogP contribution is -2.26. The number of halogens is 1. The molecule has 0 aliphatic heterocycles. The van der Waals surface area contributed by atoms with E-state index in [1.807, 2.05) is 26.0 Å². The molecule has 1 N–H and O–H groups in total. The summed E-state index contributed by atoms with van der Waals surface area (Å²) in [7, 11) is 3.07. The van der Waals surface area contributed by atoms with Gasteiger partial charge in [-0.1, -0.05) is 0 Å². The molecule has 6 heteroatoms. The van der Waals surface area contributed by atoms with Crippen LogP contribution in [-0.4, -0.2) is 20.1 Å². The number of furan rings is 1. The molecule has 0 radical (unpaired) electrons. The average Bonchev–Trinajstić information content (AvgIpc) is 2.94. The maximum Gasteiger partial charge on any atom is 0.252 e. The molecule has 0 aliphatic rings. The van der Waals surface area contributed by atoms with Gasteiger partial charge in [0.2, 0.25) is 0 Å². The Balaban J connectivity index is 2.22. The lowest BCUT2D eigenvalue weighted by atomic mass is 10.1.